The molecular formula is C68H44N2O2Si. The van der Waals surface area contributed by atoms with Gasteiger partial charge in [0.15, 0.2) is 8.07 Å². The number of fused-ring (bicyclic) bond motifs is 10. The SMILES string of the molecule is c1ccc(N2c3ccccc3[Si](c3ccc4c(c3)oc3ccccc34)(c3ccc4c(c3)oc3ccccc34)c3cc(N(c4ccc(-c5cccc6ccccc56)cc4)c4cccc5ccccc45)ccc32)cc1. The smallest absolute Gasteiger partial charge is 0.184 e. The summed E-state index contributed by atoms with van der Waals surface area (Å²) in [5.41, 5.74) is 12.5. The van der Waals surface area contributed by atoms with E-state index in [0.29, 0.717) is 0 Å². The fourth-order valence-electron chi connectivity index (χ4n) is 12.1. The molecule has 2 aromatic heterocycles. The molecule has 1 aliphatic heterocycles. The van der Waals surface area contributed by atoms with Gasteiger partial charge in [-0.15, -0.1) is 0 Å². The molecule has 0 spiro atoms. The van der Waals surface area contributed by atoms with Crippen LogP contribution in [0.1, 0.15) is 0 Å². The van der Waals surface area contributed by atoms with Crippen LogP contribution in [0.15, 0.2) is 276 Å². The molecular weight excluding hydrogens is 905 g/mol. The highest BCUT2D eigenvalue weighted by Crippen LogP contribution is 2.45. The summed E-state index contributed by atoms with van der Waals surface area (Å²) >= 11 is 0. The largest absolute Gasteiger partial charge is 0.456 e. The van der Waals surface area contributed by atoms with Crippen molar-refractivity contribution < 1.29 is 8.83 Å². The average molecular weight is 949 g/mol. The van der Waals surface area contributed by atoms with E-state index in [1.165, 1.54) is 53.4 Å². The van der Waals surface area contributed by atoms with Crippen molar-refractivity contribution in [2.75, 3.05) is 9.80 Å². The fourth-order valence-corrected chi connectivity index (χ4v) is 17.2. The van der Waals surface area contributed by atoms with Crippen LogP contribution in [-0.2, 0) is 0 Å². The number of para-hydroxylation sites is 4. The second kappa shape index (κ2) is 16.3. The maximum Gasteiger partial charge on any atom is 0.184 e. The van der Waals surface area contributed by atoms with Crippen molar-refractivity contribution in [3.63, 3.8) is 0 Å². The molecule has 12 aromatic carbocycles. The van der Waals surface area contributed by atoms with Gasteiger partial charge in [-0.1, -0.05) is 188 Å². The minimum absolute atomic E-state index is 0.875. The summed E-state index contributed by atoms with van der Waals surface area (Å²) in [6, 6.07) is 97.7. The van der Waals surface area contributed by atoms with Crippen LogP contribution in [0.2, 0.25) is 0 Å². The molecule has 0 atom stereocenters. The van der Waals surface area contributed by atoms with Crippen molar-refractivity contribution >= 4 is 128 Å². The van der Waals surface area contributed by atoms with E-state index in [2.05, 4.69) is 277 Å². The first-order valence-electron chi connectivity index (χ1n) is 25.0. The molecule has 5 heteroatoms. The molecule has 4 nitrogen and oxygen atoms in total. The molecule has 0 fully saturated rings. The number of hydrogen-bond donors (Lipinski definition) is 0. The highest BCUT2D eigenvalue weighted by Gasteiger charge is 2.50. The summed E-state index contributed by atoms with van der Waals surface area (Å²) in [5.74, 6) is 0. The predicted octanol–water partition coefficient (Wildman–Crippen LogP) is 16.1. The lowest BCUT2D eigenvalue weighted by Gasteiger charge is -2.45. The first-order valence-corrected chi connectivity index (χ1v) is 27.0. The third-order valence-electron chi connectivity index (χ3n) is 15.3. The number of anilines is 6. The van der Waals surface area contributed by atoms with Crippen LogP contribution in [0.25, 0.3) is 76.5 Å². The first-order chi connectivity index (χ1) is 36.2. The van der Waals surface area contributed by atoms with Gasteiger partial charge in [0.2, 0.25) is 0 Å². The Hall–Kier alpha value is -9.42. The molecule has 3 heterocycles. The van der Waals surface area contributed by atoms with Gasteiger partial charge in [-0.2, -0.15) is 0 Å². The topological polar surface area (TPSA) is 32.8 Å². The van der Waals surface area contributed by atoms with Crippen molar-refractivity contribution in [1.82, 2.24) is 0 Å². The van der Waals surface area contributed by atoms with E-state index in [0.717, 1.165) is 78.0 Å². The quantitative estimate of drug-likeness (QED) is 0.149. The predicted molar refractivity (Wildman–Crippen MR) is 308 cm³/mol. The second-order valence-corrected chi connectivity index (χ2v) is 22.9. The molecule has 0 amide bonds. The van der Waals surface area contributed by atoms with E-state index in [4.69, 9.17) is 8.83 Å². The van der Waals surface area contributed by atoms with Gasteiger partial charge in [0.25, 0.3) is 0 Å². The maximum absolute atomic E-state index is 6.81. The van der Waals surface area contributed by atoms with Gasteiger partial charge in [-0.05, 0) is 127 Å². The Morgan fingerprint density at radius 1 is 0.329 bits per heavy atom. The zero-order valence-electron chi connectivity index (χ0n) is 39.6. The number of rotatable bonds is 7. The Kier molecular flexibility index (Phi) is 9.25. The molecule has 0 N–H and O–H groups in total. The van der Waals surface area contributed by atoms with E-state index in [1.807, 2.05) is 0 Å². The van der Waals surface area contributed by atoms with Crippen molar-refractivity contribution in [3.05, 3.63) is 267 Å². The molecule has 73 heavy (non-hydrogen) atoms. The molecule has 0 bridgehead atoms. The van der Waals surface area contributed by atoms with E-state index < -0.39 is 8.07 Å². The Balaban J connectivity index is 1.04. The highest BCUT2D eigenvalue weighted by atomic mass is 28.3. The fraction of sp³-hybridized carbons (Fsp3) is 0. The van der Waals surface area contributed by atoms with E-state index in [1.54, 1.807) is 0 Å². The molecule has 15 rings (SSSR count). The average Bonchev–Trinajstić information content (AvgIpc) is 4.03. The maximum atomic E-state index is 6.81. The lowest BCUT2D eigenvalue weighted by Crippen LogP contribution is -2.77. The van der Waals surface area contributed by atoms with Gasteiger partial charge in [0.1, 0.15) is 22.3 Å². The summed E-state index contributed by atoms with van der Waals surface area (Å²) in [4.78, 5) is 4.94. The molecule has 0 saturated heterocycles. The zero-order valence-corrected chi connectivity index (χ0v) is 40.6. The van der Waals surface area contributed by atoms with Gasteiger partial charge in [0.05, 0.1) is 5.69 Å². The van der Waals surface area contributed by atoms with Crippen molar-refractivity contribution in [2.24, 2.45) is 0 Å². The molecule has 0 saturated carbocycles. The molecule has 342 valence electrons. The van der Waals surface area contributed by atoms with Crippen LogP contribution in [0.4, 0.5) is 34.1 Å². The van der Waals surface area contributed by atoms with Crippen LogP contribution in [0.3, 0.4) is 0 Å². The Labute approximate surface area is 422 Å². The highest BCUT2D eigenvalue weighted by molar-refractivity contribution is 7.21. The minimum atomic E-state index is -3.38. The Morgan fingerprint density at radius 2 is 0.849 bits per heavy atom. The molecule has 0 unspecified atom stereocenters. The van der Waals surface area contributed by atoms with Crippen LogP contribution >= 0.6 is 0 Å². The number of benzene rings is 12. The van der Waals surface area contributed by atoms with Gasteiger partial charge < -0.3 is 18.6 Å². The van der Waals surface area contributed by atoms with E-state index >= 15 is 0 Å². The van der Waals surface area contributed by atoms with Gasteiger partial charge >= 0.3 is 0 Å². The zero-order chi connectivity index (χ0) is 48.0. The summed E-state index contributed by atoms with van der Waals surface area (Å²) in [7, 11) is -3.38. The van der Waals surface area contributed by atoms with Gasteiger partial charge in [-0.25, -0.2) is 0 Å². The van der Waals surface area contributed by atoms with Crippen molar-refractivity contribution in [2.45, 2.75) is 0 Å². The summed E-state index contributed by atoms with van der Waals surface area (Å²) in [6.07, 6.45) is 0. The molecule has 0 aliphatic carbocycles. The van der Waals surface area contributed by atoms with Crippen LogP contribution in [-0.4, -0.2) is 8.07 Å². The first kappa shape index (κ1) is 41.4. The molecule has 1 aliphatic rings. The third kappa shape index (κ3) is 6.32. The Bertz CT molecular complexity index is 4350. The van der Waals surface area contributed by atoms with E-state index in [-0.39, 0.29) is 0 Å². The van der Waals surface area contributed by atoms with Crippen molar-refractivity contribution in [3.8, 4) is 11.1 Å². The number of furan rings is 2. The summed E-state index contributed by atoms with van der Waals surface area (Å²) in [5, 5.41) is 14.3. The number of hydrogen-bond acceptors (Lipinski definition) is 4. The van der Waals surface area contributed by atoms with Gasteiger partial charge in [0, 0.05) is 55.4 Å². The van der Waals surface area contributed by atoms with Crippen LogP contribution < -0.4 is 30.5 Å². The summed E-state index contributed by atoms with van der Waals surface area (Å²) < 4.78 is 13.6. The standard InChI is InChI=1S/C68H44N2O2Si/c1-2-20-48(21-3-1)70-61-27-10-13-31-67(61)73(51-37-39-58-56-24-8-11-29-63(56)71-65(58)43-51,52-38-40-59-57-25-9-12-30-64(57)72-66(59)44-52)68-42-50(36-41-62(68)70)69(60-28-15-19-46-17-5-7-23-55(46)60)49-34-32-47(33-35-49)54-26-14-18-45-16-4-6-22-53(45)54/h1-44H. The Morgan fingerprint density at radius 3 is 1.55 bits per heavy atom. The van der Waals surface area contributed by atoms with Crippen molar-refractivity contribution in [1.29, 1.82) is 0 Å². The normalized spacial score (nSPS) is 13.0. The monoisotopic (exact) mass is 948 g/mol. The third-order valence-corrected chi connectivity index (χ3v) is 20.1. The number of nitrogens with zero attached hydrogens (tertiary/aromatic N) is 2. The molecule has 14 aromatic rings. The minimum Gasteiger partial charge on any atom is -0.456 e. The van der Waals surface area contributed by atoms with E-state index in [9.17, 15) is 0 Å². The van der Waals surface area contributed by atoms with Crippen LogP contribution in [0.5, 0.6) is 0 Å². The van der Waals surface area contributed by atoms with Gasteiger partial charge in [-0.3, -0.25) is 0 Å². The lowest BCUT2D eigenvalue weighted by molar-refractivity contribution is 0.669. The lowest BCUT2D eigenvalue weighted by atomic mass is 9.98. The summed E-state index contributed by atoms with van der Waals surface area (Å²) in [6.45, 7) is 0. The van der Waals surface area contributed by atoms with Crippen LogP contribution in [0, 0.1) is 0 Å². The molecule has 0 radical (unpaired) electrons. The second-order valence-electron chi connectivity index (χ2n) is 19.2.